The molecule has 8 heteroatoms. The first-order chi connectivity index (χ1) is 17.4. The van der Waals surface area contributed by atoms with E-state index in [2.05, 4.69) is 4.98 Å². The van der Waals surface area contributed by atoms with Gasteiger partial charge in [0, 0.05) is 12.6 Å². The Labute approximate surface area is 207 Å². The number of carboxylic acids is 1. The van der Waals surface area contributed by atoms with Gasteiger partial charge in [-0.05, 0) is 58.5 Å². The van der Waals surface area contributed by atoms with Gasteiger partial charge in [0.15, 0.2) is 17.7 Å². The summed E-state index contributed by atoms with van der Waals surface area (Å²) in [5, 5.41) is 9.21. The molecule has 0 aliphatic heterocycles. The van der Waals surface area contributed by atoms with Crippen LogP contribution < -0.4 is 15.2 Å². The highest BCUT2D eigenvalue weighted by molar-refractivity contribution is 5.75. The Morgan fingerprint density at radius 1 is 0.889 bits per heavy atom. The van der Waals surface area contributed by atoms with Gasteiger partial charge in [0.1, 0.15) is 5.75 Å². The zero-order valence-corrected chi connectivity index (χ0v) is 19.4. The van der Waals surface area contributed by atoms with Crippen LogP contribution in [-0.4, -0.2) is 22.2 Å². The fraction of sp³-hybridized carbons (Fsp3) is 0.143. The third kappa shape index (κ3) is 5.67. The van der Waals surface area contributed by atoms with Crippen molar-refractivity contribution in [3.05, 3.63) is 96.1 Å². The number of benzene rings is 3. The van der Waals surface area contributed by atoms with Crippen LogP contribution in [0.25, 0.3) is 22.3 Å². The van der Waals surface area contributed by atoms with Gasteiger partial charge in [-0.2, -0.15) is 4.98 Å². The molecule has 0 aliphatic carbocycles. The summed E-state index contributed by atoms with van der Waals surface area (Å²) in [5.41, 5.74) is 10.1. The first-order valence-electron chi connectivity index (χ1n) is 11.3. The van der Waals surface area contributed by atoms with Crippen LogP contribution in [0.15, 0.2) is 78.9 Å². The molecule has 4 rings (SSSR count). The molecule has 0 spiro atoms. The summed E-state index contributed by atoms with van der Waals surface area (Å²) in [7, 11) is 0. The van der Waals surface area contributed by atoms with Gasteiger partial charge in [-0.1, -0.05) is 55.5 Å². The number of aromatic nitrogens is 1. The number of halogens is 2. The molecule has 3 N–H and O–H groups in total. The summed E-state index contributed by atoms with van der Waals surface area (Å²) >= 11 is 0. The second-order valence-corrected chi connectivity index (χ2v) is 8.03. The third-order valence-corrected chi connectivity index (χ3v) is 5.49. The number of ether oxygens (including phenoxy) is 2. The largest absolute Gasteiger partial charge is 0.479 e. The van der Waals surface area contributed by atoms with E-state index in [9.17, 15) is 18.7 Å². The lowest BCUT2D eigenvalue weighted by atomic mass is 9.97. The number of aliphatic carboxylic acids is 1. The van der Waals surface area contributed by atoms with Gasteiger partial charge in [0.2, 0.25) is 0 Å². The summed E-state index contributed by atoms with van der Waals surface area (Å²) < 4.78 is 39.8. The third-order valence-electron chi connectivity index (χ3n) is 5.49. The fourth-order valence-electron chi connectivity index (χ4n) is 3.64. The Morgan fingerprint density at radius 3 is 2.22 bits per heavy atom. The van der Waals surface area contributed by atoms with Gasteiger partial charge < -0.3 is 20.3 Å². The minimum atomic E-state index is -1.34. The summed E-state index contributed by atoms with van der Waals surface area (Å²) in [6.07, 6.45) is -1.28. The quantitative estimate of drug-likeness (QED) is 0.291. The van der Waals surface area contributed by atoms with E-state index in [4.69, 9.17) is 15.2 Å². The Hall–Kier alpha value is -4.30. The molecule has 0 amide bonds. The van der Waals surface area contributed by atoms with E-state index in [1.54, 1.807) is 19.1 Å². The van der Waals surface area contributed by atoms with E-state index in [0.717, 1.165) is 27.8 Å². The van der Waals surface area contributed by atoms with Crippen LogP contribution in [0, 0.1) is 11.6 Å². The Balaban J connectivity index is 1.77. The molecular formula is C28H24F2N2O4. The minimum absolute atomic E-state index is 0.0639. The molecule has 0 saturated carbocycles. The normalized spacial score (nSPS) is 11.7. The van der Waals surface area contributed by atoms with Crippen molar-refractivity contribution in [1.82, 2.24) is 4.98 Å². The fourth-order valence-corrected chi connectivity index (χ4v) is 3.64. The van der Waals surface area contributed by atoms with Crippen LogP contribution in [0.5, 0.6) is 17.5 Å². The van der Waals surface area contributed by atoms with E-state index >= 15 is 0 Å². The van der Waals surface area contributed by atoms with Crippen molar-refractivity contribution in [2.24, 2.45) is 5.73 Å². The molecular weight excluding hydrogens is 466 g/mol. The average Bonchev–Trinajstić information content (AvgIpc) is 2.89. The van der Waals surface area contributed by atoms with E-state index in [0.29, 0.717) is 12.6 Å². The smallest absolute Gasteiger partial charge is 0.344 e. The highest BCUT2D eigenvalue weighted by atomic mass is 19.1. The molecule has 1 atom stereocenters. The lowest BCUT2D eigenvalue weighted by Gasteiger charge is -2.15. The number of nitrogens with zero attached hydrogens (tertiary/aromatic N) is 1. The molecule has 4 aromatic rings. The maximum Gasteiger partial charge on any atom is 0.344 e. The van der Waals surface area contributed by atoms with Crippen LogP contribution in [-0.2, 0) is 11.3 Å². The zero-order chi connectivity index (χ0) is 25.7. The van der Waals surface area contributed by atoms with Crippen molar-refractivity contribution in [1.29, 1.82) is 0 Å². The van der Waals surface area contributed by atoms with Crippen molar-refractivity contribution in [3.8, 4) is 39.8 Å². The zero-order valence-electron chi connectivity index (χ0n) is 19.4. The van der Waals surface area contributed by atoms with Gasteiger partial charge in [-0.25, -0.2) is 13.6 Å². The molecule has 0 bridgehead atoms. The number of carboxylic acid groups (broad SMARTS) is 1. The highest BCUT2D eigenvalue weighted by Gasteiger charge is 2.22. The summed E-state index contributed by atoms with van der Waals surface area (Å²) in [5.74, 6) is -4.42. The molecule has 6 nitrogen and oxygen atoms in total. The van der Waals surface area contributed by atoms with Gasteiger partial charge in [-0.15, -0.1) is 0 Å². The van der Waals surface area contributed by atoms with E-state index in [-0.39, 0.29) is 12.2 Å². The Bertz CT molecular complexity index is 1380. The lowest BCUT2D eigenvalue weighted by molar-refractivity contribution is -0.145. The number of hydrogen-bond acceptors (Lipinski definition) is 5. The molecule has 184 valence electrons. The standard InChI is InChI=1S/C28H24F2N2O4/c1-2-25(28(33)34)36-27-24(30)15-23(29)26(32-27)35-22-13-20(18-8-4-3-5-9-18)12-21(14-22)19-10-6-7-17(11-19)16-31/h3-15,25H,2,16,31H2,1H3,(H,33,34)/t25-/m1/s1. The van der Waals surface area contributed by atoms with Gasteiger partial charge in [0.25, 0.3) is 11.8 Å². The first-order valence-corrected chi connectivity index (χ1v) is 11.3. The van der Waals surface area contributed by atoms with Crippen LogP contribution in [0.2, 0.25) is 0 Å². The predicted octanol–water partition coefficient (Wildman–Crippen LogP) is 6.19. The molecule has 3 aromatic carbocycles. The van der Waals surface area contributed by atoms with E-state index in [1.165, 1.54) is 0 Å². The summed E-state index contributed by atoms with van der Waals surface area (Å²) in [6.45, 7) is 1.94. The van der Waals surface area contributed by atoms with Crippen LogP contribution in [0.1, 0.15) is 18.9 Å². The van der Waals surface area contributed by atoms with Crippen molar-refractivity contribution < 1.29 is 28.2 Å². The molecule has 0 saturated heterocycles. The second kappa shape index (κ2) is 11.0. The van der Waals surface area contributed by atoms with Crippen LogP contribution in [0.4, 0.5) is 8.78 Å². The number of rotatable bonds is 9. The topological polar surface area (TPSA) is 94.7 Å². The first kappa shape index (κ1) is 24.8. The Kier molecular flexibility index (Phi) is 7.56. The van der Waals surface area contributed by atoms with E-state index < -0.39 is 35.5 Å². The van der Waals surface area contributed by atoms with Crippen LogP contribution >= 0.6 is 0 Å². The SMILES string of the molecule is CC[C@@H](Oc1nc(Oc2cc(-c3ccccc3)cc(-c3cccc(CN)c3)c2)c(F)cc1F)C(=O)O. The molecule has 0 aliphatic rings. The molecule has 0 unspecified atom stereocenters. The van der Waals surface area contributed by atoms with Crippen molar-refractivity contribution in [2.45, 2.75) is 26.0 Å². The molecule has 0 fully saturated rings. The molecule has 1 aromatic heterocycles. The summed E-state index contributed by atoms with van der Waals surface area (Å²) in [4.78, 5) is 15.1. The molecule has 1 heterocycles. The number of carbonyl (C=O) groups is 1. The van der Waals surface area contributed by atoms with Crippen molar-refractivity contribution in [2.75, 3.05) is 0 Å². The Morgan fingerprint density at radius 2 is 1.56 bits per heavy atom. The van der Waals surface area contributed by atoms with Crippen molar-refractivity contribution in [3.63, 3.8) is 0 Å². The average molecular weight is 491 g/mol. The number of nitrogens with two attached hydrogens (primary N) is 1. The predicted molar refractivity (Wildman–Crippen MR) is 132 cm³/mol. The minimum Gasteiger partial charge on any atom is -0.479 e. The maximum atomic E-state index is 14.6. The maximum absolute atomic E-state index is 14.6. The van der Waals surface area contributed by atoms with Gasteiger partial charge >= 0.3 is 5.97 Å². The van der Waals surface area contributed by atoms with Crippen LogP contribution in [0.3, 0.4) is 0 Å². The second-order valence-electron chi connectivity index (χ2n) is 8.03. The van der Waals surface area contributed by atoms with Crippen molar-refractivity contribution >= 4 is 5.97 Å². The van der Waals surface area contributed by atoms with Gasteiger partial charge in [-0.3, -0.25) is 0 Å². The number of hydrogen-bond donors (Lipinski definition) is 2. The highest BCUT2D eigenvalue weighted by Crippen LogP contribution is 2.35. The number of pyridine rings is 1. The van der Waals surface area contributed by atoms with E-state index in [1.807, 2.05) is 60.7 Å². The van der Waals surface area contributed by atoms with Gasteiger partial charge in [0.05, 0.1) is 0 Å². The summed E-state index contributed by atoms with van der Waals surface area (Å²) in [6, 6.07) is 23.2. The monoisotopic (exact) mass is 490 g/mol. The molecule has 36 heavy (non-hydrogen) atoms. The molecule has 0 radical (unpaired) electrons. The lowest BCUT2D eigenvalue weighted by Crippen LogP contribution is -2.26.